The number of ether oxygens (including phenoxy) is 1. The fourth-order valence-electron chi connectivity index (χ4n) is 2.58. The maximum absolute atomic E-state index is 6.17. The molecule has 1 N–H and O–H groups in total. The molecule has 0 aromatic heterocycles. The Morgan fingerprint density at radius 1 is 1.50 bits per heavy atom. The van der Waals surface area contributed by atoms with Crippen molar-refractivity contribution in [2.24, 2.45) is 0 Å². The van der Waals surface area contributed by atoms with Gasteiger partial charge in [0.15, 0.2) is 0 Å². The van der Waals surface area contributed by atoms with Crippen LogP contribution in [-0.4, -0.2) is 44.3 Å². The molecule has 0 saturated carbocycles. The molecule has 1 fully saturated rings. The summed E-state index contributed by atoms with van der Waals surface area (Å²) in [6.45, 7) is 4.83. The molecule has 1 aromatic rings. The molecule has 112 valence electrons. The van der Waals surface area contributed by atoms with Crippen molar-refractivity contribution in [1.82, 2.24) is 10.2 Å². The maximum atomic E-state index is 6.17. The summed E-state index contributed by atoms with van der Waals surface area (Å²) in [7, 11) is 1.75. The molecule has 0 radical (unpaired) electrons. The summed E-state index contributed by atoms with van der Waals surface area (Å²) in [6, 6.07) is 6.78. The second-order valence-corrected chi connectivity index (χ2v) is 6.53. The molecule has 1 unspecified atom stereocenters. The summed E-state index contributed by atoms with van der Waals surface area (Å²) in [6.07, 6.45) is 2.55. The number of nitrogens with one attached hydrogen (secondary N) is 1. The van der Waals surface area contributed by atoms with E-state index in [1.54, 1.807) is 7.11 Å². The first-order valence-corrected chi connectivity index (χ1v) is 8.24. The van der Waals surface area contributed by atoms with Crippen LogP contribution in [0.15, 0.2) is 22.7 Å². The van der Waals surface area contributed by atoms with E-state index in [-0.39, 0.29) is 0 Å². The number of methoxy groups -OCH3 is 1. The van der Waals surface area contributed by atoms with E-state index < -0.39 is 0 Å². The van der Waals surface area contributed by atoms with E-state index in [9.17, 15) is 0 Å². The molecule has 1 aromatic carbocycles. The highest BCUT2D eigenvalue weighted by Crippen LogP contribution is 2.24. The van der Waals surface area contributed by atoms with Gasteiger partial charge in [0.05, 0.1) is 11.6 Å². The van der Waals surface area contributed by atoms with Crippen molar-refractivity contribution < 1.29 is 4.74 Å². The minimum atomic E-state index is 0.609. The first-order valence-electron chi connectivity index (χ1n) is 7.07. The van der Waals surface area contributed by atoms with Crippen molar-refractivity contribution >= 4 is 27.5 Å². The summed E-state index contributed by atoms with van der Waals surface area (Å²) in [5.74, 6) is 0. The molecular weight excluding hydrogens is 340 g/mol. The Labute approximate surface area is 134 Å². The normalized spacial score (nSPS) is 18.9. The van der Waals surface area contributed by atoms with Gasteiger partial charge in [-0.1, -0.05) is 17.7 Å². The first kappa shape index (κ1) is 16.2. The lowest BCUT2D eigenvalue weighted by atomic mass is 10.1. The van der Waals surface area contributed by atoms with Crippen LogP contribution in [0.2, 0.25) is 5.02 Å². The molecule has 1 aliphatic heterocycles. The van der Waals surface area contributed by atoms with Gasteiger partial charge in [0.2, 0.25) is 0 Å². The lowest BCUT2D eigenvalue weighted by Crippen LogP contribution is -2.38. The van der Waals surface area contributed by atoms with Crippen LogP contribution in [0.5, 0.6) is 0 Å². The van der Waals surface area contributed by atoms with Crippen molar-refractivity contribution in [3.05, 3.63) is 33.3 Å². The summed E-state index contributed by atoms with van der Waals surface area (Å²) in [5.41, 5.74) is 1.24. The molecule has 20 heavy (non-hydrogen) atoms. The third kappa shape index (κ3) is 5.01. The molecular formula is C15H22BrClN2O. The van der Waals surface area contributed by atoms with Crippen molar-refractivity contribution in [3.8, 4) is 0 Å². The lowest BCUT2D eigenvalue weighted by Gasteiger charge is -2.25. The molecule has 3 nitrogen and oxygen atoms in total. The van der Waals surface area contributed by atoms with E-state index in [1.807, 2.05) is 12.1 Å². The Kier molecular flexibility index (Phi) is 6.78. The van der Waals surface area contributed by atoms with E-state index in [0.717, 1.165) is 42.3 Å². The number of rotatable bonds is 7. The Morgan fingerprint density at radius 3 is 3.00 bits per heavy atom. The van der Waals surface area contributed by atoms with Crippen LogP contribution in [0.25, 0.3) is 0 Å². The summed E-state index contributed by atoms with van der Waals surface area (Å²) < 4.78 is 6.17. The van der Waals surface area contributed by atoms with Crippen LogP contribution in [0.1, 0.15) is 18.4 Å². The number of halogens is 2. The fourth-order valence-corrected chi connectivity index (χ4v) is 3.03. The van der Waals surface area contributed by atoms with Gasteiger partial charge in [0.1, 0.15) is 0 Å². The number of benzene rings is 1. The highest BCUT2D eigenvalue weighted by atomic mass is 79.9. The smallest absolute Gasteiger partial charge is 0.0589 e. The van der Waals surface area contributed by atoms with E-state index in [4.69, 9.17) is 16.3 Å². The minimum absolute atomic E-state index is 0.609. The SMILES string of the molecule is COCCN(Cc1ccc(Br)c(Cl)c1)CC1CCCN1. The highest BCUT2D eigenvalue weighted by molar-refractivity contribution is 9.10. The Balaban J connectivity index is 1.95. The van der Waals surface area contributed by atoms with Crippen LogP contribution in [-0.2, 0) is 11.3 Å². The van der Waals surface area contributed by atoms with Crippen molar-refractivity contribution in [2.75, 3.05) is 33.4 Å². The predicted octanol–water partition coefficient (Wildman–Crippen LogP) is 3.30. The van der Waals surface area contributed by atoms with Gasteiger partial charge in [-0.05, 0) is 53.0 Å². The van der Waals surface area contributed by atoms with Crippen molar-refractivity contribution in [1.29, 1.82) is 0 Å². The molecule has 1 aliphatic rings. The van der Waals surface area contributed by atoms with E-state index in [0.29, 0.717) is 6.04 Å². The molecule has 5 heteroatoms. The Hall–Kier alpha value is -0.130. The van der Waals surface area contributed by atoms with Gasteiger partial charge in [-0.2, -0.15) is 0 Å². The fraction of sp³-hybridized carbons (Fsp3) is 0.600. The largest absolute Gasteiger partial charge is 0.383 e. The maximum Gasteiger partial charge on any atom is 0.0589 e. The first-order chi connectivity index (χ1) is 9.69. The van der Waals surface area contributed by atoms with E-state index in [2.05, 4.69) is 32.2 Å². The lowest BCUT2D eigenvalue weighted by molar-refractivity contribution is 0.138. The average Bonchev–Trinajstić information content (AvgIpc) is 2.93. The van der Waals surface area contributed by atoms with E-state index in [1.165, 1.54) is 18.4 Å². The number of hydrogen-bond acceptors (Lipinski definition) is 3. The van der Waals surface area contributed by atoms with Gasteiger partial charge in [-0.3, -0.25) is 4.90 Å². The quantitative estimate of drug-likeness (QED) is 0.806. The molecule has 1 saturated heterocycles. The summed E-state index contributed by atoms with van der Waals surface area (Å²) >= 11 is 9.60. The van der Waals surface area contributed by atoms with Gasteiger partial charge in [0, 0.05) is 37.3 Å². The number of nitrogens with zero attached hydrogens (tertiary/aromatic N) is 1. The second-order valence-electron chi connectivity index (χ2n) is 5.27. The number of hydrogen-bond donors (Lipinski definition) is 1. The highest BCUT2D eigenvalue weighted by Gasteiger charge is 2.18. The molecule has 0 aliphatic carbocycles. The monoisotopic (exact) mass is 360 g/mol. The standard InChI is InChI=1S/C15H22BrClN2O/c1-20-8-7-19(11-13-3-2-6-18-13)10-12-4-5-14(16)15(17)9-12/h4-5,9,13,18H,2-3,6-8,10-11H2,1H3. The summed E-state index contributed by atoms with van der Waals surface area (Å²) in [4.78, 5) is 2.44. The summed E-state index contributed by atoms with van der Waals surface area (Å²) in [5, 5.41) is 4.33. The second kappa shape index (κ2) is 8.35. The molecule has 1 atom stereocenters. The van der Waals surface area contributed by atoms with Crippen molar-refractivity contribution in [3.63, 3.8) is 0 Å². The van der Waals surface area contributed by atoms with Gasteiger partial charge in [-0.15, -0.1) is 0 Å². The predicted molar refractivity (Wildman–Crippen MR) is 87.3 cm³/mol. The third-order valence-corrected chi connectivity index (χ3v) is 4.88. The molecule has 0 spiro atoms. The molecule has 2 rings (SSSR count). The van der Waals surface area contributed by atoms with Crippen LogP contribution < -0.4 is 5.32 Å². The van der Waals surface area contributed by atoms with Crippen molar-refractivity contribution in [2.45, 2.75) is 25.4 Å². The zero-order valence-electron chi connectivity index (χ0n) is 11.9. The zero-order valence-corrected chi connectivity index (χ0v) is 14.2. The molecule has 1 heterocycles. The minimum Gasteiger partial charge on any atom is -0.383 e. The topological polar surface area (TPSA) is 24.5 Å². The van der Waals surface area contributed by atoms with Gasteiger partial charge in [-0.25, -0.2) is 0 Å². The van der Waals surface area contributed by atoms with Crippen LogP contribution in [0.3, 0.4) is 0 Å². The average molecular weight is 362 g/mol. The molecule has 0 bridgehead atoms. The third-order valence-electron chi connectivity index (χ3n) is 3.64. The molecule has 0 amide bonds. The van der Waals surface area contributed by atoms with E-state index >= 15 is 0 Å². The van der Waals surface area contributed by atoms with Crippen LogP contribution in [0.4, 0.5) is 0 Å². The Bertz CT molecular complexity index is 424. The Morgan fingerprint density at radius 2 is 2.35 bits per heavy atom. The van der Waals surface area contributed by atoms with Crippen LogP contribution >= 0.6 is 27.5 Å². The van der Waals surface area contributed by atoms with Gasteiger partial charge >= 0.3 is 0 Å². The van der Waals surface area contributed by atoms with Gasteiger partial charge in [0.25, 0.3) is 0 Å². The van der Waals surface area contributed by atoms with Crippen LogP contribution in [0, 0.1) is 0 Å². The van der Waals surface area contributed by atoms with Gasteiger partial charge < -0.3 is 10.1 Å². The zero-order chi connectivity index (χ0) is 14.4.